The van der Waals surface area contributed by atoms with E-state index in [1.165, 1.54) is 12.8 Å². The molecule has 1 aromatic heterocycles. The van der Waals surface area contributed by atoms with Crippen molar-refractivity contribution in [3.05, 3.63) is 39.9 Å². The molecule has 2 N–H and O–H groups in total. The number of nitrogens with two attached hydrogens (primary N) is 1. The van der Waals surface area contributed by atoms with Gasteiger partial charge in [0.25, 0.3) is 0 Å². The first-order valence-corrected chi connectivity index (χ1v) is 7.59. The minimum atomic E-state index is 0.443. The van der Waals surface area contributed by atoms with Crippen LogP contribution in [0.25, 0.3) is 0 Å². The van der Waals surface area contributed by atoms with Crippen molar-refractivity contribution in [2.24, 2.45) is 5.73 Å². The van der Waals surface area contributed by atoms with E-state index in [2.05, 4.69) is 30.7 Å². The standard InChI is InChI=1S/C14H17BrN4O/c15-12-5-4-11(7-10(12)8-16)20-9-14-18-17-13-3-1-2-6-19(13)14/h4-5,7H,1-3,6,8-9,16H2. The van der Waals surface area contributed by atoms with E-state index in [1.807, 2.05) is 18.2 Å². The Balaban J connectivity index is 1.72. The summed E-state index contributed by atoms with van der Waals surface area (Å²) in [7, 11) is 0. The lowest BCUT2D eigenvalue weighted by Gasteiger charge is -2.15. The quantitative estimate of drug-likeness (QED) is 0.931. The van der Waals surface area contributed by atoms with E-state index in [9.17, 15) is 0 Å². The van der Waals surface area contributed by atoms with E-state index in [4.69, 9.17) is 10.5 Å². The molecule has 1 aliphatic heterocycles. The summed E-state index contributed by atoms with van der Waals surface area (Å²) < 4.78 is 8.99. The van der Waals surface area contributed by atoms with Crippen molar-refractivity contribution in [2.75, 3.05) is 0 Å². The minimum absolute atomic E-state index is 0.443. The Kier molecular flexibility index (Phi) is 4.03. The zero-order chi connectivity index (χ0) is 13.9. The number of hydrogen-bond donors (Lipinski definition) is 1. The van der Waals surface area contributed by atoms with Crippen LogP contribution in [0.2, 0.25) is 0 Å². The fourth-order valence-corrected chi connectivity index (χ4v) is 2.83. The maximum Gasteiger partial charge on any atom is 0.171 e. The molecule has 0 aliphatic carbocycles. The number of halogens is 1. The van der Waals surface area contributed by atoms with Gasteiger partial charge < -0.3 is 15.0 Å². The van der Waals surface area contributed by atoms with E-state index in [0.29, 0.717) is 13.2 Å². The molecule has 0 amide bonds. The van der Waals surface area contributed by atoms with Gasteiger partial charge in [-0.15, -0.1) is 10.2 Å². The molecule has 20 heavy (non-hydrogen) atoms. The molecule has 0 saturated heterocycles. The van der Waals surface area contributed by atoms with Gasteiger partial charge in [-0.25, -0.2) is 0 Å². The summed E-state index contributed by atoms with van der Waals surface area (Å²) in [5, 5.41) is 8.45. The molecule has 3 rings (SSSR count). The van der Waals surface area contributed by atoms with E-state index in [0.717, 1.165) is 40.4 Å². The van der Waals surface area contributed by atoms with Crippen molar-refractivity contribution in [3.8, 4) is 5.75 Å². The molecule has 0 radical (unpaired) electrons. The number of fused-ring (bicyclic) bond motifs is 1. The van der Waals surface area contributed by atoms with Gasteiger partial charge in [-0.1, -0.05) is 15.9 Å². The van der Waals surface area contributed by atoms with Crippen LogP contribution in [0.4, 0.5) is 0 Å². The molecular formula is C14H17BrN4O. The summed E-state index contributed by atoms with van der Waals surface area (Å²) in [5.41, 5.74) is 6.72. The molecule has 1 aromatic carbocycles. The molecule has 2 aromatic rings. The predicted molar refractivity (Wildman–Crippen MR) is 79.3 cm³/mol. The average Bonchev–Trinajstić information content (AvgIpc) is 2.90. The second-order valence-corrected chi connectivity index (χ2v) is 5.74. The summed E-state index contributed by atoms with van der Waals surface area (Å²) in [6.45, 7) is 1.92. The van der Waals surface area contributed by atoms with Gasteiger partial charge in [0.15, 0.2) is 5.82 Å². The molecule has 1 aliphatic rings. The lowest BCUT2D eigenvalue weighted by Crippen LogP contribution is -2.14. The molecule has 5 nitrogen and oxygen atoms in total. The number of rotatable bonds is 4. The molecule has 0 saturated carbocycles. The molecule has 106 valence electrons. The van der Waals surface area contributed by atoms with Gasteiger partial charge in [0, 0.05) is 24.0 Å². The lowest BCUT2D eigenvalue weighted by atomic mass is 10.2. The van der Waals surface area contributed by atoms with Crippen molar-refractivity contribution in [2.45, 2.75) is 39.0 Å². The van der Waals surface area contributed by atoms with Crippen LogP contribution in [0.3, 0.4) is 0 Å². The van der Waals surface area contributed by atoms with E-state index < -0.39 is 0 Å². The van der Waals surface area contributed by atoms with Crippen LogP contribution in [0, 0.1) is 0 Å². The fraction of sp³-hybridized carbons (Fsp3) is 0.429. The molecular weight excluding hydrogens is 320 g/mol. The summed E-state index contributed by atoms with van der Waals surface area (Å²) in [6.07, 6.45) is 3.40. The van der Waals surface area contributed by atoms with Crippen LogP contribution in [-0.2, 0) is 26.1 Å². The van der Waals surface area contributed by atoms with Crippen LogP contribution >= 0.6 is 15.9 Å². The smallest absolute Gasteiger partial charge is 0.171 e. The third kappa shape index (κ3) is 2.71. The van der Waals surface area contributed by atoms with Crippen molar-refractivity contribution < 1.29 is 4.74 Å². The van der Waals surface area contributed by atoms with Crippen molar-refractivity contribution >= 4 is 15.9 Å². The second kappa shape index (κ2) is 5.93. The minimum Gasteiger partial charge on any atom is -0.486 e. The largest absolute Gasteiger partial charge is 0.486 e. The Labute approximate surface area is 126 Å². The van der Waals surface area contributed by atoms with Crippen LogP contribution in [-0.4, -0.2) is 14.8 Å². The first-order valence-electron chi connectivity index (χ1n) is 6.80. The number of nitrogens with zero attached hydrogens (tertiary/aromatic N) is 3. The predicted octanol–water partition coefficient (Wildman–Crippen LogP) is 2.41. The molecule has 0 atom stereocenters. The SMILES string of the molecule is NCc1cc(OCc2nnc3n2CCCC3)ccc1Br. The van der Waals surface area contributed by atoms with E-state index >= 15 is 0 Å². The number of benzene rings is 1. The molecule has 0 unspecified atom stereocenters. The first-order chi connectivity index (χ1) is 9.78. The molecule has 0 bridgehead atoms. The number of ether oxygens (including phenoxy) is 1. The van der Waals surface area contributed by atoms with Crippen LogP contribution in [0.5, 0.6) is 5.75 Å². The van der Waals surface area contributed by atoms with Gasteiger partial charge >= 0.3 is 0 Å². The highest BCUT2D eigenvalue weighted by molar-refractivity contribution is 9.10. The summed E-state index contributed by atoms with van der Waals surface area (Å²) >= 11 is 3.47. The van der Waals surface area contributed by atoms with Crippen LogP contribution in [0.1, 0.15) is 30.1 Å². The Bertz CT molecular complexity index is 611. The first kappa shape index (κ1) is 13.6. The highest BCUT2D eigenvalue weighted by Crippen LogP contribution is 2.23. The van der Waals surface area contributed by atoms with Gasteiger partial charge in [0.2, 0.25) is 0 Å². The molecule has 0 spiro atoms. The van der Waals surface area contributed by atoms with Crippen molar-refractivity contribution in [1.29, 1.82) is 0 Å². The van der Waals surface area contributed by atoms with Gasteiger partial charge in [-0.3, -0.25) is 0 Å². The van der Waals surface area contributed by atoms with Crippen LogP contribution in [0.15, 0.2) is 22.7 Å². The monoisotopic (exact) mass is 336 g/mol. The van der Waals surface area contributed by atoms with Crippen LogP contribution < -0.4 is 10.5 Å². The Morgan fingerprint density at radius 3 is 3.05 bits per heavy atom. The maximum absolute atomic E-state index is 5.81. The van der Waals surface area contributed by atoms with Crippen molar-refractivity contribution in [1.82, 2.24) is 14.8 Å². The molecule has 6 heteroatoms. The average molecular weight is 337 g/mol. The second-order valence-electron chi connectivity index (χ2n) is 4.89. The number of aromatic nitrogens is 3. The normalized spacial score (nSPS) is 14.1. The third-order valence-electron chi connectivity index (χ3n) is 3.54. The fourth-order valence-electron chi connectivity index (χ4n) is 2.42. The zero-order valence-electron chi connectivity index (χ0n) is 11.2. The molecule has 0 fully saturated rings. The highest BCUT2D eigenvalue weighted by Gasteiger charge is 2.15. The highest BCUT2D eigenvalue weighted by atomic mass is 79.9. The van der Waals surface area contributed by atoms with Gasteiger partial charge in [0.1, 0.15) is 18.2 Å². The van der Waals surface area contributed by atoms with Gasteiger partial charge in [-0.05, 0) is 36.6 Å². The lowest BCUT2D eigenvalue weighted by molar-refractivity contribution is 0.286. The topological polar surface area (TPSA) is 66.0 Å². The zero-order valence-corrected chi connectivity index (χ0v) is 12.8. The maximum atomic E-state index is 5.81. The summed E-state index contributed by atoms with van der Waals surface area (Å²) in [5.74, 6) is 2.78. The van der Waals surface area contributed by atoms with E-state index in [1.54, 1.807) is 0 Å². The Hall–Kier alpha value is -1.40. The number of hydrogen-bond acceptors (Lipinski definition) is 4. The third-order valence-corrected chi connectivity index (χ3v) is 4.31. The summed E-state index contributed by atoms with van der Waals surface area (Å²) in [6, 6.07) is 5.84. The van der Waals surface area contributed by atoms with E-state index in [-0.39, 0.29) is 0 Å². The van der Waals surface area contributed by atoms with Gasteiger partial charge in [0.05, 0.1) is 0 Å². The molecule has 2 heterocycles. The Morgan fingerprint density at radius 2 is 2.20 bits per heavy atom. The number of aryl methyl sites for hydroxylation is 1. The van der Waals surface area contributed by atoms with Crippen molar-refractivity contribution in [3.63, 3.8) is 0 Å². The summed E-state index contributed by atoms with van der Waals surface area (Å²) in [4.78, 5) is 0. The Morgan fingerprint density at radius 1 is 1.30 bits per heavy atom. The van der Waals surface area contributed by atoms with Gasteiger partial charge in [-0.2, -0.15) is 0 Å².